The molecule has 0 spiro atoms. The standard InChI is InChI=1S/C23H28ClN3O3S.ClH/c1-31(29,30)21-7-5-19(6-8-21)26-13-14-27(22(26)28)20-9-11-23(16-25,12-10-20)17-3-2-4-18(24)15-17;/h2-8,15,20H,9-14,16,25H2,1H3;1H/t20-,23+;. The van der Waals surface area contributed by atoms with Crippen molar-refractivity contribution in [2.45, 2.75) is 42.0 Å². The van der Waals surface area contributed by atoms with Crippen LogP contribution in [0.1, 0.15) is 31.2 Å². The number of hydrogen-bond donors (Lipinski definition) is 1. The molecule has 6 nitrogen and oxygen atoms in total. The number of anilines is 1. The summed E-state index contributed by atoms with van der Waals surface area (Å²) < 4.78 is 23.4. The minimum atomic E-state index is -3.26. The Bertz CT molecular complexity index is 1070. The summed E-state index contributed by atoms with van der Waals surface area (Å²) in [6, 6.07) is 14.7. The highest BCUT2D eigenvalue weighted by atomic mass is 35.5. The van der Waals surface area contributed by atoms with Crippen molar-refractivity contribution in [3.63, 3.8) is 0 Å². The van der Waals surface area contributed by atoms with Gasteiger partial charge in [-0.2, -0.15) is 0 Å². The molecular formula is C23H29Cl2N3O3S. The molecule has 1 saturated carbocycles. The second-order valence-corrected chi connectivity index (χ2v) is 11.1. The van der Waals surface area contributed by atoms with Crippen molar-refractivity contribution in [2.75, 3.05) is 30.8 Å². The van der Waals surface area contributed by atoms with Crippen molar-refractivity contribution >= 4 is 45.6 Å². The fraction of sp³-hybridized carbons (Fsp3) is 0.435. The number of benzene rings is 2. The van der Waals surface area contributed by atoms with Crippen LogP contribution in [0.5, 0.6) is 0 Å². The lowest BCUT2D eigenvalue weighted by molar-refractivity contribution is 0.156. The Labute approximate surface area is 201 Å². The molecule has 2 aromatic carbocycles. The maximum Gasteiger partial charge on any atom is 0.324 e. The van der Waals surface area contributed by atoms with Crippen molar-refractivity contribution in [3.8, 4) is 0 Å². The Hall–Kier alpha value is -1.80. The number of urea groups is 1. The summed E-state index contributed by atoms with van der Waals surface area (Å²) in [5.74, 6) is 0. The van der Waals surface area contributed by atoms with E-state index in [0.29, 0.717) is 19.6 Å². The zero-order valence-corrected chi connectivity index (χ0v) is 20.4. The van der Waals surface area contributed by atoms with E-state index in [1.54, 1.807) is 29.2 Å². The fourth-order valence-electron chi connectivity index (χ4n) is 4.90. The van der Waals surface area contributed by atoms with Crippen LogP contribution in [0.3, 0.4) is 0 Å². The highest BCUT2D eigenvalue weighted by molar-refractivity contribution is 7.90. The lowest BCUT2D eigenvalue weighted by atomic mass is 9.68. The molecule has 9 heteroatoms. The maximum absolute atomic E-state index is 13.1. The minimum absolute atomic E-state index is 0. The van der Waals surface area contributed by atoms with Gasteiger partial charge < -0.3 is 10.6 Å². The molecule has 0 radical (unpaired) electrons. The molecule has 2 amide bonds. The van der Waals surface area contributed by atoms with E-state index in [0.717, 1.165) is 36.4 Å². The zero-order chi connectivity index (χ0) is 22.2. The van der Waals surface area contributed by atoms with Crippen molar-refractivity contribution in [1.82, 2.24) is 4.90 Å². The molecule has 0 atom stereocenters. The largest absolute Gasteiger partial charge is 0.330 e. The fourth-order valence-corrected chi connectivity index (χ4v) is 5.72. The average molecular weight is 498 g/mol. The third-order valence-electron chi connectivity index (χ3n) is 6.80. The first-order valence-electron chi connectivity index (χ1n) is 10.6. The number of hydrogen-bond acceptors (Lipinski definition) is 4. The second-order valence-electron chi connectivity index (χ2n) is 8.62. The Balaban J connectivity index is 0.00000289. The summed E-state index contributed by atoms with van der Waals surface area (Å²) in [6.07, 6.45) is 4.81. The Morgan fingerprint density at radius 2 is 1.75 bits per heavy atom. The van der Waals surface area contributed by atoms with Gasteiger partial charge in [-0.15, -0.1) is 12.4 Å². The van der Waals surface area contributed by atoms with Crippen LogP contribution in [0.2, 0.25) is 5.02 Å². The molecule has 32 heavy (non-hydrogen) atoms. The van der Waals surface area contributed by atoms with Crippen molar-refractivity contribution < 1.29 is 13.2 Å². The van der Waals surface area contributed by atoms with Gasteiger partial charge >= 0.3 is 6.03 Å². The summed E-state index contributed by atoms with van der Waals surface area (Å²) in [5.41, 5.74) is 8.03. The SMILES string of the molecule is CS(=O)(=O)c1ccc(N2CCN([C@H]3CC[C@@](CN)(c4cccc(Cl)c4)CC3)C2=O)cc1.Cl. The summed E-state index contributed by atoms with van der Waals surface area (Å²) in [4.78, 5) is 17.1. The van der Waals surface area contributed by atoms with Crippen molar-refractivity contribution in [2.24, 2.45) is 5.73 Å². The monoisotopic (exact) mass is 497 g/mol. The highest BCUT2D eigenvalue weighted by Gasteiger charge is 2.41. The van der Waals surface area contributed by atoms with E-state index in [1.807, 2.05) is 23.1 Å². The predicted octanol–water partition coefficient (Wildman–Crippen LogP) is 4.25. The minimum Gasteiger partial charge on any atom is -0.330 e. The number of amides is 2. The molecule has 2 aromatic rings. The first-order chi connectivity index (χ1) is 14.7. The normalized spacial score (nSPS) is 23.8. The molecule has 1 saturated heterocycles. The summed E-state index contributed by atoms with van der Waals surface area (Å²) in [6.45, 7) is 1.83. The maximum atomic E-state index is 13.1. The number of carbonyl (C=O) groups excluding carboxylic acids is 1. The summed E-state index contributed by atoms with van der Waals surface area (Å²) in [5, 5.41) is 0.722. The van der Waals surface area contributed by atoms with Gasteiger partial charge in [-0.1, -0.05) is 23.7 Å². The van der Waals surface area contributed by atoms with E-state index in [2.05, 4.69) is 6.07 Å². The molecule has 174 valence electrons. The van der Waals surface area contributed by atoms with Gasteiger partial charge in [-0.05, 0) is 67.6 Å². The van der Waals surface area contributed by atoms with Gasteiger partial charge in [0.1, 0.15) is 0 Å². The molecule has 0 aromatic heterocycles. The molecular weight excluding hydrogens is 469 g/mol. The number of nitrogens with zero attached hydrogens (tertiary/aromatic N) is 2. The number of carbonyl (C=O) groups is 1. The number of halogens is 2. The lowest BCUT2D eigenvalue weighted by Gasteiger charge is -2.42. The van der Waals surface area contributed by atoms with Gasteiger partial charge in [0.2, 0.25) is 0 Å². The third-order valence-corrected chi connectivity index (χ3v) is 8.16. The van der Waals surface area contributed by atoms with Crippen molar-refractivity contribution in [3.05, 3.63) is 59.1 Å². The quantitative estimate of drug-likeness (QED) is 0.668. The molecule has 2 N–H and O–H groups in total. The summed E-state index contributed by atoms with van der Waals surface area (Å²) in [7, 11) is -3.26. The van der Waals surface area contributed by atoms with Gasteiger partial charge in [0.05, 0.1) is 4.90 Å². The van der Waals surface area contributed by atoms with Crippen LogP contribution in [-0.4, -0.2) is 51.3 Å². The average Bonchev–Trinajstić information content (AvgIpc) is 3.14. The van der Waals surface area contributed by atoms with Crippen LogP contribution in [-0.2, 0) is 15.3 Å². The van der Waals surface area contributed by atoms with E-state index < -0.39 is 9.84 Å². The Morgan fingerprint density at radius 1 is 1.09 bits per heavy atom. The van der Waals surface area contributed by atoms with E-state index in [4.69, 9.17) is 17.3 Å². The molecule has 0 bridgehead atoms. The van der Waals surface area contributed by atoms with Crippen LogP contribution in [0.25, 0.3) is 0 Å². The van der Waals surface area contributed by atoms with Gasteiger partial charge in [0.25, 0.3) is 0 Å². The second kappa shape index (κ2) is 9.59. The van der Waals surface area contributed by atoms with E-state index in [1.165, 1.54) is 11.8 Å². The molecule has 2 fully saturated rings. The topological polar surface area (TPSA) is 83.7 Å². The third kappa shape index (κ3) is 4.76. The van der Waals surface area contributed by atoms with E-state index in [9.17, 15) is 13.2 Å². The van der Waals surface area contributed by atoms with Crippen LogP contribution in [0, 0.1) is 0 Å². The molecule has 1 heterocycles. The first kappa shape index (κ1) is 24.8. The number of rotatable bonds is 5. The van der Waals surface area contributed by atoms with Crippen LogP contribution >= 0.6 is 24.0 Å². The molecule has 4 rings (SSSR count). The highest BCUT2D eigenvalue weighted by Crippen LogP contribution is 2.41. The Morgan fingerprint density at radius 3 is 2.31 bits per heavy atom. The molecule has 1 aliphatic carbocycles. The van der Waals surface area contributed by atoms with E-state index >= 15 is 0 Å². The van der Waals surface area contributed by atoms with Gasteiger partial charge in [0, 0.05) is 48.1 Å². The first-order valence-corrected chi connectivity index (χ1v) is 12.8. The van der Waals surface area contributed by atoms with Gasteiger partial charge in [0.15, 0.2) is 9.84 Å². The number of nitrogens with two attached hydrogens (primary N) is 1. The van der Waals surface area contributed by atoms with Gasteiger partial charge in [-0.25, -0.2) is 13.2 Å². The van der Waals surface area contributed by atoms with Gasteiger partial charge in [-0.3, -0.25) is 4.90 Å². The Kier molecular flexibility index (Phi) is 7.44. The lowest BCUT2D eigenvalue weighted by Crippen LogP contribution is -2.46. The predicted molar refractivity (Wildman–Crippen MR) is 131 cm³/mol. The van der Waals surface area contributed by atoms with E-state index in [-0.39, 0.29) is 34.8 Å². The molecule has 1 aliphatic heterocycles. The van der Waals surface area contributed by atoms with Crippen molar-refractivity contribution in [1.29, 1.82) is 0 Å². The summed E-state index contributed by atoms with van der Waals surface area (Å²) >= 11 is 6.21. The molecule has 2 aliphatic rings. The zero-order valence-electron chi connectivity index (χ0n) is 18.0. The van der Waals surface area contributed by atoms with Crippen LogP contribution in [0.15, 0.2) is 53.4 Å². The van der Waals surface area contributed by atoms with Crippen LogP contribution in [0.4, 0.5) is 10.5 Å². The molecule has 0 unspecified atom stereocenters. The van der Waals surface area contributed by atoms with Crippen LogP contribution < -0.4 is 10.6 Å². The number of sulfone groups is 1. The smallest absolute Gasteiger partial charge is 0.324 e.